The van der Waals surface area contributed by atoms with Gasteiger partial charge in [-0.3, -0.25) is 0 Å². The lowest BCUT2D eigenvalue weighted by atomic mass is 9.75. The predicted molar refractivity (Wildman–Crippen MR) is 585 cm³/mol. The van der Waals surface area contributed by atoms with Crippen molar-refractivity contribution in [1.82, 2.24) is 0 Å². The number of fused-ring (bicyclic) bond motifs is 3. The van der Waals surface area contributed by atoms with Gasteiger partial charge in [-0.05, 0) is 311 Å². The van der Waals surface area contributed by atoms with Crippen LogP contribution in [-0.4, -0.2) is 0 Å². The lowest BCUT2D eigenvalue weighted by Gasteiger charge is -2.30. The first-order valence-corrected chi connectivity index (χ1v) is 48.6. The van der Waals surface area contributed by atoms with Crippen molar-refractivity contribution in [1.29, 1.82) is 0 Å². The lowest BCUT2D eigenvalue weighted by molar-refractivity contribution is 0.660. The van der Waals surface area contributed by atoms with Gasteiger partial charge >= 0.3 is 0 Å². The lowest BCUT2D eigenvalue weighted by Crippen LogP contribution is -2.16. The van der Waals surface area contributed by atoms with E-state index in [0.29, 0.717) is 0 Å². The number of rotatable bonds is 16. The fourth-order valence-corrected chi connectivity index (χ4v) is 22.8. The third-order valence-corrected chi connectivity index (χ3v) is 29.7. The second-order valence-electron chi connectivity index (χ2n) is 37.9. The molecule has 7 aliphatic rings. The van der Waals surface area contributed by atoms with Crippen molar-refractivity contribution in [2.45, 2.75) is 56.3 Å². The fraction of sp³-hybridized carbons (Fsp3) is 0.0667. The molecule has 0 fully saturated rings. The van der Waals surface area contributed by atoms with Gasteiger partial charge < -0.3 is 14.7 Å². The maximum atomic E-state index is 2.47. The largest absolute Gasteiger partial charge is 0.311 e. The molecule has 0 saturated carbocycles. The summed E-state index contributed by atoms with van der Waals surface area (Å²) >= 11 is 0. The minimum absolute atomic E-state index is 0.0734. The van der Waals surface area contributed by atoms with E-state index in [9.17, 15) is 0 Å². The van der Waals surface area contributed by atoms with Gasteiger partial charge in [-0.25, -0.2) is 0 Å². The van der Waals surface area contributed by atoms with E-state index in [1.165, 1.54) is 188 Å². The molecule has 0 heterocycles. The van der Waals surface area contributed by atoms with Gasteiger partial charge in [-0.1, -0.05) is 414 Å². The van der Waals surface area contributed by atoms with Crippen LogP contribution < -0.4 is 14.7 Å². The summed E-state index contributed by atoms with van der Waals surface area (Å²) in [7, 11) is 0. The van der Waals surface area contributed by atoms with Crippen LogP contribution in [0.3, 0.4) is 0 Å². The van der Waals surface area contributed by atoms with Gasteiger partial charge in [0.15, 0.2) is 0 Å². The van der Waals surface area contributed by atoms with Crippen LogP contribution in [0.25, 0.3) is 123 Å². The number of benzene rings is 20. The highest BCUT2D eigenvalue weighted by Gasteiger charge is 2.37. The van der Waals surface area contributed by atoms with Crippen molar-refractivity contribution in [3.05, 3.63) is 569 Å². The second kappa shape index (κ2) is 35.1. The molecule has 20 aromatic rings. The Hall–Kier alpha value is -17.0. The van der Waals surface area contributed by atoms with Crippen LogP contribution in [-0.2, 0) is 24.7 Å². The van der Waals surface area contributed by atoms with Gasteiger partial charge in [-0.2, -0.15) is 0 Å². The molecule has 20 aromatic carbocycles. The Labute approximate surface area is 808 Å². The summed E-state index contributed by atoms with van der Waals surface area (Å²) in [6.07, 6.45) is 24.4. The Morgan fingerprint density at radius 1 is 0.210 bits per heavy atom. The van der Waals surface area contributed by atoms with Gasteiger partial charge in [0.25, 0.3) is 0 Å². The highest BCUT2D eigenvalue weighted by Crippen LogP contribution is 2.55. The number of para-hydroxylation sites is 1. The zero-order valence-electron chi connectivity index (χ0n) is 77.2. The molecule has 138 heavy (non-hydrogen) atoms. The fourth-order valence-electron chi connectivity index (χ4n) is 22.8. The van der Waals surface area contributed by atoms with Crippen LogP contribution in [0.2, 0.25) is 0 Å². The molecule has 654 valence electrons. The van der Waals surface area contributed by atoms with Crippen molar-refractivity contribution in [3.63, 3.8) is 0 Å². The molecule has 0 N–H and O–H groups in total. The van der Waals surface area contributed by atoms with E-state index in [0.717, 1.165) is 64.8 Å². The summed E-state index contributed by atoms with van der Waals surface area (Å²) in [4.78, 5) is 7.12. The molecule has 0 aliphatic heterocycles. The van der Waals surface area contributed by atoms with Gasteiger partial charge in [0.2, 0.25) is 0 Å². The van der Waals surface area contributed by atoms with Crippen molar-refractivity contribution >= 4 is 118 Å². The first kappa shape index (κ1) is 82.9. The third-order valence-electron chi connectivity index (χ3n) is 29.7. The number of anilines is 9. The van der Waals surface area contributed by atoms with Crippen LogP contribution in [0.15, 0.2) is 491 Å². The average molecular weight is 1760 g/mol. The van der Waals surface area contributed by atoms with E-state index in [2.05, 4.69) is 538 Å². The van der Waals surface area contributed by atoms with Crippen LogP contribution in [0.4, 0.5) is 51.2 Å². The first-order valence-electron chi connectivity index (χ1n) is 48.6. The molecule has 3 heteroatoms. The molecule has 0 spiro atoms. The normalized spacial score (nSPS) is 15.3. The summed E-state index contributed by atoms with van der Waals surface area (Å²) in [5.74, 6) is 0.721. The first-order chi connectivity index (χ1) is 68.2. The maximum Gasteiger partial charge on any atom is 0.0465 e. The minimum Gasteiger partial charge on any atom is -0.311 e. The molecule has 27 rings (SSSR count). The molecule has 3 atom stereocenters. The highest BCUT2D eigenvalue weighted by atomic mass is 15.2. The van der Waals surface area contributed by atoms with Gasteiger partial charge in [-0.15, -0.1) is 0 Å². The molecule has 3 nitrogen and oxygen atoms in total. The van der Waals surface area contributed by atoms with Gasteiger partial charge in [0.1, 0.15) is 0 Å². The standard InChI is InChI=1S/C49H37N.C46H33N.C40H29N/c1-49(2)45-14-7-6-13-42(45)43-30-27-40(31-46(43)49)50(38-23-17-33(18-24-38)32-9-4-3-5-10-32)39-25-19-34(20-26-39)41-28-21-37-16-15-35-11-8-12-36-22-29-44(41)48(37)47(35)36;1-3-8-32(9-4-1)34-16-24-40(25-17-34)47(41-26-18-35(19-27-41)33-10-5-2-6-11-33)42-28-20-36(21-29-42)43-30-22-39-15-14-37-12-7-13-38-23-31-44(43)46(39)45(37)38;1-3-8-28(9-4-1)29-16-22-35(23-17-29)41(34-12-5-2-6-13-34)36-24-18-30(19-25-36)37-26-20-33-15-14-31-10-7-11-32-21-27-38(37)40(33)39(31)32/h3-21,23-31,41H,22H2,1-2H3;1-22,24-31,43H,23H2;1-20,22-27,37H,21H2. The molecule has 0 amide bonds. The summed E-state index contributed by atoms with van der Waals surface area (Å²) < 4.78 is 0. The Morgan fingerprint density at radius 3 is 0.797 bits per heavy atom. The Kier molecular flexibility index (Phi) is 21.1. The van der Waals surface area contributed by atoms with E-state index in [-0.39, 0.29) is 23.2 Å². The summed E-state index contributed by atoms with van der Waals surface area (Å²) in [6.45, 7) is 4.72. The maximum absolute atomic E-state index is 2.47. The Bertz CT molecular complexity index is 8190. The molecule has 0 aromatic heterocycles. The summed E-state index contributed by atoms with van der Waals surface area (Å²) in [5, 5.41) is 8.31. The summed E-state index contributed by atoms with van der Waals surface area (Å²) in [5.41, 5.74) is 46.3. The topological polar surface area (TPSA) is 9.72 Å². The Morgan fingerprint density at radius 2 is 0.471 bits per heavy atom. The molecule has 0 bridgehead atoms. The van der Waals surface area contributed by atoms with E-state index in [1.807, 2.05) is 0 Å². The van der Waals surface area contributed by atoms with E-state index >= 15 is 0 Å². The van der Waals surface area contributed by atoms with Crippen molar-refractivity contribution in [2.75, 3.05) is 14.7 Å². The van der Waals surface area contributed by atoms with E-state index in [1.54, 1.807) is 0 Å². The number of allylic oxidation sites excluding steroid dienone is 9. The quantitative estimate of drug-likeness (QED) is 0.0955. The molecule has 0 saturated heterocycles. The van der Waals surface area contributed by atoms with Crippen LogP contribution in [0.1, 0.15) is 109 Å². The van der Waals surface area contributed by atoms with Crippen molar-refractivity contribution in [2.24, 2.45) is 0 Å². The van der Waals surface area contributed by atoms with Crippen molar-refractivity contribution in [3.8, 4) is 55.6 Å². The molecule has 0 radical (unpaired) electrons. The monoisotopic (exact) mass is 1760 g/mol. The van der Waals surface area contributed by atoms with Crippen LogP contribution in [0.5, 0.6) is 0 Å². The number of hydrogen-bond donors (Lipinski definition) is 0. The molecular weight excluding hydrogens is 1660 g/mol. The highest BCUT2D eigenvalue weighted by molar-refractivity contribution is 6.08. The molecule has 3 unspecified atom stereocenters. The predicted octanol–water partition coefficient (Wildman–Crippen LogP) is 36.2. The zero-order chi connectivity index (χ0) is 91.7. The third kappa shape index (κ3) is 15.0. The zero-order valence-corrected chi connectivity index (χ0v) is 77.2. The van der Waals surface area contributed by atoms with E-state index in [4.69, 9.17) is 0 Å². The smallest absolute Gasteiger partial charge is 0.0465 e. The average Bonchev–Trinajstić information content (AvgIpc) is 1.53. The minimum atomic E-state index is -0.0734. The second-order valence-corrected chi connectivity index (χ2v) is 37.9. The SMILES string of the molecule is C1=CC(c2ccc(N(c3ccc(-c4ccccc4)cc3)c3ccc(-c4ccccc4)cc3)cc2)C2=CCc3cccc4ccc1c2c34.C1=CC(c2ccc(N(c3ccccc3)c3ccc(-c4ccccc4)cc3)cc2)C2=CCc3cccc4ccc1c2c34.CC1(C)c2ccccc2-c2ccc(N(c3ccc(-c4ccccc4)cc3)c3ccc(C4C=Cc5ccc6cccc7c6c5C4=CC7)cc3)cc21. The van der Waals surface area contributed by atoms with Crippen LogP contribution in [0, 0.1) is 0 Å². The Balaban J connectivity index is 0.000000110. The summed E-state index contributed by atoms with van der Waals surface area (Å²) in [6, 6.07) is 166. The van der Waals surface area contributed by atoms with Gasteiger partial charge in [0.05, 0.1) is 0 Å². The number of nitrogens with zero attached hydrogens (tertiary/aromatic N) is 3. The van der Waals surface area contributed by atoms with E-state index < -0.39 is 0 Å². The van der Waals surface area contributed by atoms with Crippen LogP contribution >= 0.6 is 0 Å². The molecular formula is C135H99N3. The van der Waals surface area contributed by atoms with Gasteiger partial charge in [0, 0.05) is 74.4 Å². The molecule has 7 aliphatic carbocycles. The van der Waals surface area contributed by atoms with Crippen molar-refractivity contribution < 1.29 is 0 Å². The number of hydrogen-bond acceptors (Lipinski definition) is 3.